The highest BCUT2D eigenvalue weighted by atomic mass is 35.5. The first-order valence-electron chi connectivity index (χ1n) is 9.67. The molecule has 1 unspecified atom stereocenters. The summed E-state index contributed by atoms with van der Waals surface area (Å²) >= 11 is 12.0. The third-order valence-electron chi connectivity index (χ3n) is 6.02. The van der Waals surface area contributed by atoms with Crippen LogP contribution in [0.2, 0.25) is 5.02 Å². The Labute approximate surface area is 179 Å². The zero-order chi connectivity index (χ0) is 20.9. The average Bonchev–Trinajstić information content (AvgIpc) is 2.89. The van der Waals surface area contributed by atoms with Gasteiger partial charge in [0.15, 0.2) is 0 Å². The molecule has 0 aliphatic heterocycles. The summed E-state index contributed by atoms with van der Waals surface area (Å²) in [7, 11) is 0. The second-order valence-electron chi connectivity index (χ2n) is 7.83. The predicted molar refractivity (Wildman–Crippen MR) is 119 cm³/mol. The van der Waals surface area contributed by atoms with Crippen LogP contribution in [0.4, 0.5) is 0 Å². The monoisotopic (exact) mass is 427 g/mol. The van der Waals surface area contributed by atoms with Crippen molar-refractivity contribution >= 4 is 45.7 Å². The highest BCUT2D eigenvalue weighted by Gasteiger charge is 2.37. The molecule has 0 saturated heterocycles. The minimum Gasteiger partial charge on any atom is -0.506 e. The Hall–Kier alpha value is -2.37. The number of phenolic OH excluding ortho intramolecular Hbond substituents is 1. The third-order valence-corrected chi connectivity index (χ3v) is 6.74. The van der Waals surface area contributed by atoms with Gasteiger partial charge in [-0.1, -0.05) is 60.1 Å². The van der Waals surface area contributed by atoms with E-state index < -0.39 is 11.9 Å². The van der Waals surface area contributed by atoms with Gasteiger partial charge in [0.25, 0.3) is 0 Å². The van der Waals surface area contributed by atoms with E-state index in [2.05, 4.69) is 0 Å². The maximum absolute atomic E-state index is 12.2. The highest BCUT2D eigenvalue weighted by Crippen LogP contribution is 2.45. The molecule has 1 heterocycles. The van der Waals surface area contributed by atoms with Crippen molar-refractivity contribution in [3.63, 3.8) is 0 Å². The first-order chi connectivity index (χ1) is 13.8. The number of carboxylic acid groups (broad SMARTS) is 1. The number of aromatic hydroxyl groups is 1. The van der Waals surface area contributed by atoms with E-state index in [1.807, 2.05) is 42.7 Å². The number of phenols is 1. The molecule has 0 bridgehead atoms. The van der Waals surface area contributed by atoms with Gasteiger partial charge in [0.1, 0.15) is 10.7 Å². The Bertz CT molecular complexity index is 1130. The summed E-state index contributed by atoms with van der Waals surface area (Å²) in [4.78, 5) is 12.8. The Morgan fingerprint density at radius 1 is 1.21 bits per heavy atom. The minimum atomic E-state index is -0.840. The molecule has 0 radical (unpaired) electrons. The summed E-state index contributed by atoms with van der Waals surface area (Å²) in [6.45, 7) is 3.91. The summed E-state index contributed by atoms with van der Waals surface area (Å²) in [6.07, 6.45) is 2.83. The molecular weight excluding hydrogens is 406 g/mol. The number of rotatable bonds is 4. The fourth-order valence-corrected chi connectivity index (χ4v) is 4.79. The molecule has 1 atom stereocenters. The van der Waals surface area contributed by atoms with Gasteiger partial charge in [0, 0.05) is 16.6 Å². The number of benzene rings is 2. The number of hydrogen-bond acceptors (Lipinski definition) is 3. The van der Waals surface area contributed by atoms with Gasteiger partial charge in [-0.2, -0.15) is 0 Å². The highest BCUT2D eigenvalue weighted by molar-refractivity contribution is 7.80. The number of aromatic nitrogens is 1. The number of thiocarbonyl (C=S) groups is 1. The molecule has 2 aromatic carbocycles. The molecule has 6 heteroatoms. The second-order valence-corrected chi connectivity index (χ2v) is 8.63. The maximum atomic E-state index is 12.2. The zero-order valence-corrected chi connectivity index (χ0v) is 17.8. The normalized spacial score (nSPS) is 15.3. The SMILES string of the molecule is Cc1ccc(C(=S)n2c(C)c(C(C(=O)O)C3CCC3)c3cc(O)c(Cl)cc32)cc1. The van der Waals surface area contributed by atoms with Crippen LogP contribution in [0.3, 0.4) is 0 Å². The van der Waals surface area contributed by atoms with E-state index >= 15 is 0 Å². The topological polar surface area (TPSA) is 62.5 Å². The van der Waals surface area contributed by atoms with Crippen LogP contribution in [0, 0.1) is 19.8 Å². The molecule has 1 fully saturated rings. The quantitative estimate of drug-likeness (QED) is 0.516. The van der Waals surface area contributed by atoms with Crippen molar-refractivity contribution in [1.29, 1.82) is 0 Å². The second kappa shape index (κ2) is 7.47. The summed E-state index contributed by atoms with van der Waals surface area (Å²) in [5.41, 5.74) is 4.23. The van der Waals surface area contributed by atoms with Gasteiger partial charge < -0.3 is 14.8 Å². The van der Waals surface area contributed by atoms with Gasteiger partial charge >= 0.3 is 5.97 Å². The number of carboxylic acids is 1. The Morgan fingerprint density at radius 2 is 1.86 bits per heavy atom. The summed E-state index contributed by atoms with van der Waals surface area (Å²) in [6, 6.07) is 11.2. The first-order valence-corrected chi connectivity index (χ1v) is 10.5. The number of nitrogens with zero attached hydrogens (tertiary/aromatic N) is 1. The molecule has 150 valence electrons. The number of aryl methyl sites for hydroxylation is 1. The van der Waals surface area contributed by atoms with Gasteiger partial charge in [-0.15, -0.1) is 0 Å². The lowest BCUT2D eigenvalue weighted by molar-refractivity contribution is -0.141. The van der Waals surface area contributed by atoms with E-state index in [-0.39, 0.29) is 16.7 Å². The van der Waals surface area contributed by atoms with Crippen molar-refractivity contribution in [1.82, 2.24) is 4.57 Å². The van der Waals surface area contributed by atoms with Gasteiger partial charge in [-0.25, -0.2) is 0 Å². The molecule has 0 amide bonds. The Morgan fingerprint density at radius 3 is 2.41 bits per heavy atom. The average molecular weight is 428 g/mol. The molecule has 3 aromatic rings. The van der Waals surface area contributed by atoms with E-state index in [1.54, 1.807) is 12.1 Å². The van der Waals surface area contributed by atoms with Crippen LogP contribution < -0.4 is 0 Å². The number of carbonyl (C=O) groups is 1. The van der Waals surface area contributed by atoms with Crippen molar-refractivity contribution in [2.45, 2.75) is 39.0 Å². The van der Waals surface area contributed by atoms with Gasteiger partial charge in [0.05, 0.1) is 16.5 Å². The lowest BCUT2D eigenvalue weighted by Crippen LogP contribution is -2.27. The lowest BCUT2D eigenvalue weighted by Gasteiger charge is -2.31. The van der Waals surface area contributed by atoms with Crippen molar-refractivity contribution in [2.75, 3.05) is 0 Å². The van der Waals surface area contributed by atoms with Crippen molar-refractivity contribution in [3.05, 3.63) is 63.8 Å². The number of fused-ring (bicyclic) bond motifs is 1. The van der Waals surface area contributed by atoms with Crippen LogP contribution in [0.5, 0.6) is 5.75 Å². The van der Waals surface area contributed by atoms with E-state index in [0.29, 0.717) is 10.4 Å². The largest absolute Gasteiger partial charge is 0.506 e. The molecule has 29 heavy (non-hydrogen) atoms. The first kappa shape index (κ1) is 19.9. The molecule has 1 aliphatic carbocycles. The van der Waals surface area contributed by atoms with Gasteiger partial charge in [0.2, 0.25) is 0 Å². The number of halogens is 1. The van der Waals surface area contributed by atoms with Crippen LogP contribution in [0.25, 0.3) is 10.9 Å². The number of hydrogen-bond donors (Lipinski definition) is 2. The molecule has 4 nitrogen and oxygen atoms in total. The van der Waals surface area contributed by atoms with Crippen molar-refractivity contribution < 1.29 is 15.0 Å². The van der Waals surface area contributed by atoms with Crippen LogP contribution in [-0.2, 0) is 4.79 Å². The Kier molecular flexibility index (Phi) is 5.13. The summed E-state index contributed by atoms with van der Waals surface area (Å²) in [5.74, 6) is -1.44. The molecular formula is C23H22ClNO3S. The fourth-order valence-electron chi connectivity index (χ4n) is 4.26. The molecule has 4 rings (SSSR count). The smallest absolute Gasteiger partial charge is 0.311 e. The van der Waals surface area contributed by atoms with Gasteiger partial charge in [-0.3, -0.25) is 4.79 Å². The zero-order valence-electron chi connectivity index (χ0n) is 16.3. The van der Waals surface area contributed by atoms with Crippen LogP contribution >= 0.6 is 23.8 Å². The van der Waals surface area contributed by atoms with Crippen molar-refractivity contribution in [3.8, 4) is 5.75 Å². The van der Waals surface area contributed by atoms with Crippen LogP contribution in [0.15, 0.2) is 36.4 Å². The van der Waals surface area contributed by atoms with E-state index in [4.69, 9.17) is 23.8 Å². The predicted octanol–water partition coefficient (Wildman–Crippen LogP) is 5.81. The standard InChI is InChI=1S/C23H22ClNO3S/c1-12-6-8-15(9-7-12)22(29)25-13(2)20(21(23(27)28)14-4-3-5-14)16-10-19(26)17(24)11-18(16)25/h6-11,14,21,26H,3-5H2,1-2H3,(H,27,28). The van der Waals surface area contributed by atoms with E-state index in [1.165, 1.54) is 0 Å². The molecule has 0 spiro atoms. The lowest BCUT2D eigenvalue weighted by atomic mass is 9.72. The molecule has 2 N–H and O–H groups in total. The third kappa shape index (κ3) is 3.32. The molecule has 1 aromatic heterocycles. The van der Waals surface area contributed by atoms with Gasteiger partial charge in [-0.05, 0) is 50.3 Å². The number of aliphatic carboxylic acids is 1. The maximum Gasteiger partial charge on any atom is 0.311 e. The van der Waals surface area contributed by atoms with Crippen LogP contribution in [0.1, 0.15) is 47.6 Å². The summed E-state index contributed by atoms with van der Waals surface area (Å²) < 4.78 is 1.89. The van der Waals surface area contributed by atoms with Crippen LogP contribution in [-0.4, -0.2) is 25.7 Å². The summed E-state index contributed by atoms with van der Waals surface area (Å²) in [5, 5.41) is 21.2. The Balaban J connectivity index is 1.98. The van der Waals surface area contributed by atoms with E-state index in [0.717, 1.165) is 47.2 Å². The van der Waals surface area contributed by atoms with Crippen molar-refractivity contribution in [2.24, 2.45) is 5.92 Å². The molecule has 1 aliphatic rings. The fraction of sp³-hybridized carbons (Fsp3) is 0.304. The van der Waals surface area contributed by atoms with E-state index in [9.17, 15) is 15.0 Å². The minimum absolute atomic E-state index is 0.0587. The molecule has 1 saturated carbocycles.